The first-order valence-corrected chi connectivity index (χ1v) is 7.94. The summed E-state index contributed by atoms with van der Waals surface area (Å²) in [4.78, 5) is 25.9. The van der Waals surface area contributed by atoms with E-state index in [0.717, 1.165) is 23.0 Å². The zero-order valence-electron chi connectivity index (χ0n) is 11.7. The highest BCUT2D eigenvalue weighted by Gasteiger charge is 2.40. The summed E-state index contributed by atoms with van der Waals surface area (Å²) >= 11 is 6.81. The minimum atomic E-state index is -0.630. The number of thioether (sulfide) groups is 1. The third-order valence-corrected chi connectivity index (χ3v) is 4.44. The zero-order valence-corrected chi connectivity index (χ0v) is 13.3. The molecule has 2 aromatic rings. The number of aryl methyl sites for hydroxylation is 1. The largest absolute Gasteiger partial charge is 0.365 e. The van der Waals surface area contributed by atoms with Crippen LogP contribution in [0.15, 0.2) is 48.5 Å². The fourth-order valence-corrected chi connectivity index (χ4v) is 3.23. The summed E-state index contributed by atoms with van der Waals surface area (Å²) in [7, 11) is 0. The van der Waals surface area contributed by atoms with E-state index in [1.165, 1.54) is 4.90 Å². The van der Waals surface area contributed by atoms with Gasteiger partial charge in [0.25, 0.3) is 11.1 Å². The molecule has 2 amide bonds. The van der Waals surface area contributed by atoms with E-state index in [1.807, 2.05) is 25.1 Å². The van der Waals surface area contributed by atoms with Gasteiger partial charge in [-0.2, -0.15) is 0 Å². The molecule has 1 N–H and O–H groups in total. The van der Waals surface area contributed by atoms with Gasteiger partial charge in [-0.15, -0.1) is 0 Å². The third-order valence-electron chi connectivity index (χ3n) is 3.25. The number of hydrogen-bond donors (Lipinski definition) is 1. The van der Waals surface area contributed by atoms with Crippen LogP contribution in [0, 0.1) is 6.92 Å². The normalized spacial score (nSPS) is 17.9. The van der Waals surface area contributed by atoms with E-state index in [9.17, 15) is 9.59 Å². The number of carbonyl (C=O) groups excluding carboxylic acids is 2. The molecule has 0 unspecified atom stereocenters. The van der Waals surface area contributed by atoms with Gasteiger partial charge in [0.15, 0.2) is 5.37 Å². The SMILES string of the molecule is Cc1cccc(N2C(=O)S[C@@H](Nc3ccc(Cl)cc3)C2=O)c1. The molecule has 0 saturated carbocycles. The molecule has 4 nitrogen and oxygen atoms in total. The monoisotopic (exact) mass is 332 g/mol. The van der Waals surface area contributed by atoms with Crippen molar-refractivity contribution in [2.45, 2.75) is 12.3 Å². The number of nitrogens with one attached hydrogen (secondary N) is 1. The second kappa shape index (κ2) is 6.02. The molecule has 0 aliphatic carbocycles. The first kappa shape index (κ1) is 14.9. The van der Waals surface area contributed by atoms with Crippen molar-refractivity contribution in [2.75, 3.05) is 10.2 Å². The molecule has 6 heteroatoms. The van der Waals surface area contributed by atoms with Crippen LogP contribution in [0.2, 0.25) is 5.02 Å². The molecule has 1 aliphatic heterocycles. The van der Waals surface area contributed by atoms with Gasteiger partial charge in [-0.05, 0) is 60.6 Å². The van der Waals surface area contributed by atoms with Crippen molar-refractivity contribution in [1.29, 1.82) is 0 Å². The lowest BCUT2D eigenvalue weighted by atomic mass is 10.2. The number of imide groups is 1. The Morgan fingerprint density at radius 3 is 2.55 bits per heavy atom. The molecule has 0 radical (unpaired) electrons. The summed E-state index contributed by atoms with van der Waals surface area (Å²) in [6, 6.07) is 14.3. The van der Waals surface area contributed by atoms with Crippen molar-refractivity contribution < 1.29 is 9.59 Å². The zero-order chi connectivity index (χ0) is 15.7. The second-order valence-electron chi connectivity index (χ2n) is 4.93. The number of amides is 2. The van der Waals surface area contributed by atoms with E-state index in [0.29, 0.717) is 10.7 Å². The fraction of sp³-hybridized carbons (Fsp3) is 0.125. The van der Waals surface area contributed by atoms with Gasteiger partial charge >= 0.3 is 0 Å². The van der Waals surface area contributed by atoms with Crippen molar-refractivity contribution >= 4 is 45.9 Å². The smallest absolute Gasteiger partial charge is 0.295 e. The summed E-state index contributed by atoms with van der Waals surface area (Å²) in [6.07, 6.45) is 0. The van der Waals surface area contributed by atoms with Crippen molar-refractivity contribution in [3.8, 4) is 0 Å². The van der Waals surface area contributed by atoms with Crippen LogP contribution in [0.3, 0.4) is 0 Å². The van der Waals surface area contributed by atoms with Crippen LogP contribution < -0.4 is 10.2 Å². The summed E-state index contributed by atoms with van der Waals surface area (Å²) in [5.41, 5.74) is 2.34. The number of rotatable bonds is 3. The molecule has 1 saturated heterocycles. The quantitative estimate of drug-likeness (QED) is 0.911. The first-order chi connectivity index (χ1) is 10.5. The summed E-state index contributed by atoms with van der Waals surface area (Å²) in [6.45, 7) is 1.92. The fourth-order valence-electron chi connectivity index (χ4n) is 2.20. The third kappa shape index (κ3) is 2.96. The Labute approximate surface area is 137 Å². The van der Waals surface area contributed by atoms with Crippen LogP contribution in [0.4, 0.5) is 16.2 Å². The number of nitrogens with zero attached hydrogens (tertiary/aromatic N) is 1. The van der Waals surface area contributed by atoms with E-state index in [1.54, 1.807) is 30.3 Å². The highest BCUT2D eigenvalue weighted by Crippen LogP contribution is 2.32. The van der Waals surface area contributed by atoms with Gasteiger partial charge < -0.3 is 5.32 Å². The van der Waals surface area contributed by atoms with Gasteiger partial charge in [0, 0.05) is 10.7 Å². The predicted octanol–water partition coefficient (Wildman–Crippen LogP) is 4.29. The van der Waals surface area contributed by atoms with E-state index in [2.05, 4.69) is 5.32 Å². The van der Waals surface area contributed by atoms with Crippen LogP contribution in [-0.2, 0) is 4.79 Å². The van der Waals surface area contributed by atoms with Crippen LogP contribution in [0.5, 0.6) is 0 Å². The second-order valence-corrected chi connectivity index (χ2v) is 6.42. The molecule has 0 bridgehead atoms. The van der Waals surface area contributed by atoms with Gasteiger partial charge in [-0.1, -0.05) is 23.7 Å². The Morgan fingerprint density at radius 2 is 1.86 bits per heavy atom. The Morgan fingerprint density at radius 1 is 1.14 bits per heavy atom. The Balaban J connectivity index is 1.81. The van der Waals surface area contributed by atoms with E-state index >= 15 is 0 Å². The van der Waals surface area contributed by atoms with Gasteiger partial charge in [0.1, 0.15) is 0 Å². The molecule has 1 aliphatic rings. The summed E-state index contributed by atoms with van der Waals surface area (Å²) in [5, 5.41) is 2.77. The number of anilines is 2. The highest BCUT2D eigenvalue weighted by molar-refractivity contribution is 8.16. The molecule has 22 heavy (non-hydrogen) atoms. The average Bonchev–Trinajstić information content (AvgIpc) is 2.76. The molecule has 0 aromatic heterocycles. The van der Waals surface area contributed by atoms with Crippen molar-refractivity contribution in [3.63, 3.8) is 0 Å². The maximum absolute atomic E-state index is 12.5. The van der Waals surface area contributed by atoms with E-state index in [-0.39, 0.29) is 11.1 Å². The van der Waals surface area contributed by atoms with Crippen LogP contribution in [-0.4, -0.2) is 16.5 Å². The summed E-state index contributed by atoms with van der Waals surface area (Å²) < 4.78 is 0. The van der Waals surface area contributed by atoms with E-state index in [4.69, 9.17) is 11.6 Å². The number of benzene rings is 2. The molecule has 1 heterocycles. The molecule has 1 fully saturated rings. The molecule has 2 aromatic carbocycles. The van der Waals surface area contributed by atoms with Crippen LogP contribution >= 0.6 is 23.4 Å². The maximum atomic E-state index is 12.5. The molecular formula is C16H13ClN2O2S. The highest BCUT2D eigenvalue weighted by atomic mass is 35.5. The van der Waals surface area contributed by atoms with E-state index < -0.39 is 5.37 Å². The molecule has 0 spiro atoms. The van der Waals surface area contributed by atoms with Gasteiger partial charge in [0.2, 0.25) is 0 Å². The summed E-state index contributed by atoms with van der Waals surface area (Å²) in [5.74, 6) is -0.268. The molecule has 3 rings (SSSR count). The van der Waals surface area contributed by atoms with Gasteiger partial charge in [-0.3, -0.25) is 9.59 Å². The Bertz CT molecular complexity index is 733. The van der Waals surface area contributed by atoms with Crippen molar-refractivity contribution in [1.82, 2.24) is 0 Å². The Hall–Kier alpha value is -1.98. The first-order valence-electron chi connectivity index (χ1n) is 6.68. The predicted molar refractivity (Wildman–Crippen MR) is 90.5 cm³/mol. The maximum Gasteiger partial charge on any atom is 0.295 e. The lowest BCUT2D eigenvalue weighted by Gasteiger charge is -2.15. The molecule has 112 valence electrons. The lowest BCUT2D eigenvalue weighted by Crippen LogP contribution is -2.34. The lowest BCUT2D eigenvalue weighted by molar-refractivity contribution is -0.116. The number of hydrogen-bond acceptors (Lipinski definition) is 4. The molecular weight excluding hydrogens is 320 g/mol. The number of halogens is 1. The minimum absolute atomic E-state index is 0.268. The van der Waals surface area contributed by atoms with Crippen molar-refractivity contribution in [2.24, 2.45) is 0 Å². The van der Waals surface area contributed by atoms with Gasteiger partial charge in [-0.25, -0.2) is 4.90 Å². The minimum Gasteiger partial charge on any atom is -0.365 e. The number of carbonyl (C=O) groups is 2. The molecule has 1 atom stereocenters. The van der Waals surface area contributed by atoms with Gasteiger partial charge in [0.05, 0.1) is 5.69 Å². The van der Waals surface area contributed by atoms with Crippen LogP contribution in [0.1, 0.15) is 5.56 Å². The van der Waals surface area contributed by atoms with Crippen molar-refractivity contribution in [3.05, 3.63) is 59.1 Å². The van der Waals surface area contributed by atoms with Crippen LogP contribution in [0.25, 0.3) is 0 Å². The average molecular weight is 333 g/mol. The topological polar surface area (TPSA) is 49.4 Å². The standard InChI is InChI=1S/C16H13ClN2O2S/c1-10-3-2-4-13(9-10)19-15(20)14(22-16(19)21)18-12-7-5-11(17)6-8-12/h2-9,14,18H,1H3/t14-/m1/s1. The Kier molecular flexibility index (Phi) is 4.09.